The molecule has 1 fully saturated rings. The van der Waals surface area contributed by atoms with Gasteiger partial charge in [-0.2, -0.15) is 0 Å². The third kappa shape index (κ3) is 4.09. The van der Waals surface area contributed by atoms with Gasteiger partial charge in [0.05, 0.1) is 12.0 Å². The molecule has 9 heteroatoms. The smallest absolute Gasteiger partial charge is 0.267 e. The van der Waals surface area contributed by atoms with Gasteiger partial charge in [0.2, 0.25) is 11.8 Å². The van der Waals surface area contributed by atoms with Gasteiger partial charge in [-0.25, -0.2) is 12.7 Å². The number of aryl methyl sites for hydroxylation is 2. The van der Waals surface area contributed by atoms with Crippen molar-refractivity contribution in [2.75, 3.05) is 12.4 Å². The van der Waals surface area contributed by atoms with Crippen molar-refractivity contribution in [1.29, 1.82) is 0 Å². The van der Waals surface area contributed by atoms with Crippen molar-refractivity contribution in [2.24, 2.45) is 0 Å². The average molecular weight is 437 g/mol. The van der Waals surface area contributed by atoms with Gasteiger partial charge in [-0.3, -0.25) is 9.59 Å². The van der Waals surface area contributed by atoms with E-state index in [4.69, 9.17) is 16.3 Å². The molecule has 154 valence electrons. The number of anilines is 1. The molecule has 1 N–H and O–H groups in total. The Morgan fingerprint density at radius 2 is 1.90 bits per heavy atom. The molecule has 1 heterocycles. The number of halogens is 1. The molecule has 1 atom stereocenters. The Morgan fingerprint density at radius 1 is 1.17 bits per heavy atom. The van der Waals surface area contributed by atoms with Crippen LogP contribution in [-0.2, 0) is 19.6 Å². The van der Waals surface area contributed by atoms with E-state index in [1.165, 1.54) is 25.3 Å². The van der Waals surface area contributed by atoms with Gasteiger partial charge in [0.1, 0.15) is 11.8 Å². The van der Waals surface area contributed by atoms with E-state index in [0.29, 0.717) is 26.3 Å². The maximum atomic E-state index is 13.1. The average Bonchev–Trinajstić information content (AvgIpc) is 3.07. The zero-order valence-corrected chi connectivity index (χ0v) is 17.8. The molecule has 7 nitrogen and oxygen atoms in total. The lowest BCUT2D eigenvalue weighted by molar-refractivity contribution is -0.128. The number of hydrogen-bond donors (Lipinski definition) is 1. The fourth-order valence-electron chi connectivity index (χ4n) is 3.22. The first-order chi connectivity index (χ1) is 13.6. The number of carbonyl (C=O) groups is 2. The van der Waals surface area contributed by atoms with Crippen LogP contribution in [0.5, 0.6) is 5.75 Å². The van der Waals surface area contributed by atoms with E-state index < -0.39 is 27.9 Å². The van der Waals surface area contributed by atoms with Gasteiger partial charge in [-0.1, -0.05) is 17.7 Å². The molecular formula is C20H21ClN2O5S. The molecule has 2 aromatic rings. The summed E-state index contributed by atoms with van der Waals surface area (Å²) in [6, 6.07) is 8.17. The van der Waals surface area contributed by atoms with E-state index in [9.17, 15) is 18.0 Å². The van der Waals surface area contributed by atoms with Gasteiger partial charge in [0.15, 0.2) is 0 Å². The Balaban J connectivity index is 1.90. The topological polar surface area (TPSA) is 92.8 Å². The number of ether oxygens (including phenoxy) is 1. The van der Waals surface area contributed by atoms with Crippen LogP contribution in [0, 0.1) is 13.8 Å². The van der Waals surface area contributed by atoms with Gasteiger partial charge in [-0.05, 0) is 61.7 Å². The number of nitrogens with zero attached hydrogens (tertiary/aromatic N) is 1. The lowest BCUT2D eigenvalue weighted by atomic mass is 10.2. The Morgan fingerprint density at radius 3 is 2.52 bits per heavy atom. The molecule has 2 aromatic carbocycles. The van der Waals surface area contributed by atoms with E-state index in [1.807, 2.05) is 6.92 Å². The molecule has 0 radical (unpaired) electrons. The Labute approximate surface area is 174 Å². The van der Waals surface area contributed by atoms with Crippen molar-refractivity contribution in [3.63, 3.8) is 0 Å². The minimum atomic E-state index is -4.20. The fourth-order valence-corrected chi connectivity index (χ4v) is 5.09. The highest BCUT2D eigenvalue weighted by molar-refractivity contribution is 7.89. The molecule has 1 aliphatic rings. The summed E-state index contributed by atoms with van der Waals surface area (Å²) < 4.78 is 32.1. The molecule has 1 saturated heterocycles. The zero-order chi connectivity index (χ0) is 21.3. The second-order valence-corrected chi connectivity index (χ2v) is 9.06. The van der Waals surface area contributed by atoms with Crippen LogP contribution >= 0.6 is 11.6 Å². The maximum absolute atomic E-state index is 13.1. The summed E-state index contributed by atoms with van der Waals surface area (Å²) in [5.41, 5.74) is 1.89. The van der Waals surface area contributed by atoms with Crippen molar-refractivity contribution in [1.82, 2.24) is 4.31 Å². The summed E-state index contributed by atoms with van der Waals surface area (Å²) in [6.45, 7) is 3.53. The predicted octanol–water partition coefficient (Wildman–Crippen LogP) is 3.28. The molecule has 0 saturated carbocycles. The predicted molar refractivity (Wildman–Crippen MR) is 110 cm³/mol. The van der Waals surface area contributed by atoms with Gasteiger partial charge < -0.3 is 10.1 Å². The van der Waals surface area contributed by atoms with Gasteiger partial charge in [0, 0.05) is 17.1 Å². The number of sulfonamides is 1. The molecule has 0 bridgehead atoms. The highest BCUT2D eigenvalue weighted by atomic mass is 35.5. The quantitative estimate of drug-likeness (QED) is 0.776. The van der Waals surface area contributed by atoms with E-state index >= 15 is 0 Å². The van der Waals surface area contributed by atoms with Crippen LogP contribution < -0.4 is 10.1 Å². The lowest BCUT2D eigenvalue weighted by Crippen LogP contribution is -2.45. The number of methoxy groups -OCH3 is 1. The fraction of sp³-hybridized carbons (Fsp3) is 0.300. The molecule has 2 amide bonds. The summed E-state index contributed by atoms with van der Waals surface area (Å²) in [7, 11) is -2.71. The van der Waals surface area contributed by atoms with Gasteiger partial charge in [-0.15, -0.1) is 0 Å². The minimum Gasteiger partial charge on any atom is -0.496 e. The molecule has 3 rings (SSSR count). The summed E-state index contributed by atoms with van der Waals surface area (Å²) in [5, 5.41) is 3.13. The summed E-state index contributed by atoms with van der Waals surface area (Å²) >= 11 is 6.08. The van der Waals surface area contributed by atoms with Crippen LogP contribution in [0.1, 0.15) is 24.0 Å². The number of nitrogens with one attached hydrogen (secondary N) is 1. The Hall–Kier alpha value is -2.58. The molecule has 29 heavy (non-hydrogen) atoms. The first-order valence-electron chi connectivity index (χ1n) is 8.94. The molecular weight excluding hydrogens is 416 g/mol. The first-order valence-corrected chi connectivity index (χ1v) is 10.8. The highest BCUT2D eigenvalue weighted by Crippen LogP contribution is 2.30. The summed E-state index contributed by atoms with van der Waals surface area (Å²) in [4.78, 5) is 25.1. The Bertz CT molecular complexity index is 1080. The molecule has 0 aliphatic carbocycles. The summed E-state index contributed by atoms with van der Waals surface area (Å²) in [6.07, 6.45) is 0.0831. The second-order valence-electron chi connectivity index (χ2n) is 6.83. The standard InChI is InChI=1S/C20H21ClN2O5S/c1-12-4-5-14(11-16(12)21)22-20(25)17-7-9-19(24)23(17)29(26,27)15-6-8-18(28-3)13(2)10-15/h4-6,8,10-11,17H,7,9H2,1-3H3,(H,22,25)/t17-/m0/s1. The van der Waals surface area contributed by atoms with Crippen LogP contribution in [0.3, 0.4) is 0 Å². The number of benzene rings is 2. The third-order valence-electron chi connectivity index (χ3n) is 4.83. The lowest BCUT2D eigenvalue weighted by Gasteiger charge is -2.24. The second kappa shape index (κ2) is 8.04. The van der Waals surface area contributed by atoms with Gasteiger partial charge in [0.25, 0.3) is 10.0 Å². The molecule has 0 unspecified atom stereocenters. The molecule has 1 aliphatic heterocycles. The largest absolute Gasteiger partial charge is 0.496 e. The van der Waals surface area contributed by atoms with Crippen molar-refractivity contribution >= 4 is 39.1 Å². The normalized spacial score (nSPS) is 16.8. The SMILES string of the molecule is COc1ccc(S(=O)(=O)N2C(=O)CC[C@H]2C(=O)Nc2ccc(C)c(Cl)c2)cc1C. The van der Waals surface area contributed by atoms with E-state index in [2.05, 4.69) is 5.32 Å². The molecule has 0 aromatic heterocycles. The van der Waals surface area contributed by atoms with Crippen molar-refractivity contribution in [3.8, 4) is 5.75 Å². The van der Waals surface area contributed by atoms with Crippen LogP contribution in [0.15, 0.2) is 41.3 Å². The van der Waals surface area contributed by atoms with Gasteiger partial charge >= 0.3 is 0 Å². The maximum Gasteiger partial charge on any atom is 0.267 e. The van der Waals surface area contributed by atoms with Crippen LogP contribution in [0.4, 0.5) is 5.69 Å². The Kier molecular flexibility index (Phi) is 5.86. The number of carbonyl (C=O) groups excluding carboxylic acids is 2. The highest BCUT2D eigenvalue weighted by Gasteiger charge is 2.44. The zero-order valence-electron chi connectivity index (χ0n) is 16.2. The number of hydrogen-bond acceptors (Lipinski definition) is 5. The van der Waals surface area contributed by atoms with E-state index in [1.54, 1.807) is 25.1 Å². The molecule has 0 spiro atoms. The van der Waals surface area contributed by atoms with Crippen molar-refractivity contribution < 1.29 is 22.7 Å². The van der Waals surface area contributed by atoms with Crippen LogP contribution in [0.2, 0.25) is 5.02 Å². The van der Waals surface area contributed by atoms with E-state index in [0.717, 1.165) is 5.56 Å². The summed E-state index contributed by atoms with van der Waals surface area (Å²) in [5.74, 6) is -0.660. The minimum absolute atomic E-state index is 0.0267. The number of rotatable bonds is 5. The number of amides is 2. The first kappa shape index (κ1) is 21.1. The van der Waals surface area contributed by atoms with Crippen LogP contribution in [0.25, 0.3) is 0 Å². The van der Waals surface area contributed by atoms with E-state index in [-0.39, 0.29) is 17.7 Å². The van der Waals surface area contributed by atoms with Crippen molar-refractivity contribution in [2.45, 2.75) is 37.6 Å². The van der Waals surface area contributed by atoms with Crippen LogP contribution in [-0.4, -0.2) is 37.7 Å². The van der Waals surface area contributed by atoms with Crippen molar-refractivity contribution in [3.05, 3.63) is 52.5 Å². The third-order valence-corrected chi connectivity index (χ3v) is 7.06. The monoisotopic (exact) mass is 436 g/mol.